The molecule has 0 spiro atoms. The summed E-state index contributed by atoms with van der Waals surface area (Å²) in [6, 6.07) is 7.22. The maximum atomic E-state index is 12.0. The second-order valence-electron chi connectivity index (χ2n) is 7.31. The van der Waals surface area contributed by atoms with Crippen molar-refractivity contribution in [1.82, 2.24) is 4.90 Å². The molecular formula is C19H29NO5. The highest BCUT2D eigenvalue weighted by Gasteiger charge is 2.31. The van der Waals surface area contributed by atoms with Crippen LogP contribution in [0.1, 0.15) is 47.1 Å². The summed E-state index contributed by atoms with van der Waals surface area (Å²) in [5, 5.41) is 0. The zero-order valence-electron chi connectivity index (χ0n) is 16.2. The third-order valence-electron chi connectivity index (χ3n) is 3.19. The Bertz CT molecular complexity index is 587. The molecule has 0 unspecified atom stereocenters. The van der Waals surface area contributed by atoms with Gasteiger partial charge in [-0.3, -0.25) is 0 Å². The maximum absolute atomic E-state index is 12.0. The van der Waals surface area contributed by atoms with Crippen molar-refractivity contribution >= 4 is 12.1 Å². The topological polar surface area (TPSA) is 65.1 Å². The molecular weight excluding hydrogens is 322 g/mol. The van der Waals surface area contributed by atoms with Crippen LogP contribution in [-0.2, 0) is 20.8 Å². The first-order valence-electron chi connectivity index (χ1n) is 8.34. The molecule has 0 fully saturated rings. The standard InChI is InChI=1S/C19H29NO5/c1-8-23-16(21)19(5,6)24-15-11-9-14(10-12-15)13-20(7)17(22)25-18(2,3)4/h9-12H,8,13H2,1-7H3. The largest absolute Gasteiger partial charge is 0.476 e. The average molecular weight is 351 g/mol. The Morgan fingerprint density at radius 3 is 2.08 bits per heavy atom. The number of amides is 1. The Balaban J connectivity index is 2.67. The zero-order valence-corrected chi connectivity index (χ0v) is 16.2. The SMILES string of the molecule is CCOC(=O)C(C)(C)Oc1ccc(CN(C)C(=O)OC(C)(C)C)cc1. The van der Waals surface area contributed by atoms with E-state index >= 15 is 0 Å². The lowest BCUT2D eigenvalue weighted by molar-refractivity contribution is -0.158. The molecule has 0 heterocycles. The van der Waals surface area contributed by atoms with Crippen LogP contribution in [0.2, 0.25) is 0 Å². The van der Waals surface area contributed by atoms with Crippen LogP contribution >= 0.6 is 0 Å². The first-order valence-corrected chi connectivity index (χ1v) is 8.34. The second-order valence-corrected chi connectivity index (χ2v) is 7.31. The highest BCUT2D eigenvalue weighted by Crippen LogP contribution is 2.21. The summed E-state index contributed by atoms with van der Waals surface area (Å²) in [4.78, 5) is 25.4. The van der Waals surface area contributed by atoms with Crippen molar-refractivity contribution in [2.24, 2.45) is 0 Å². The van der Waals surface area contributed by atoms with Crippen LogP contribution in [0.25, 0.3) is 0 Å². The van der Waals surface area contributed by atoms with Crippen molar-refractivity contribution in [3.8, 4) is 5.75 Å². The molecule has 0 N–H and O–H groups in total. The Hall–Kier alpha value is -2.24. The maximum Gasteiger partial charge on any atom is 0.410 e. The van der Waals surface area contributed by atoms with E-state index in [1.54, 1.807) is 40.0 Å². The summed E-state index contributed by atoms with van der Waals surface area (Å²) in [5.74, 6) is 0.144. The zero-order chi connectivity index (χ0) is 19.3. The van der Waals surface area contributed by atoms with E-state index in [0.29, 0.717) is 18.9 Å². The van der Waals surface area contributed by atoms with Gasteiger partial charge in [-0.15, -0.1) is 0 Å². The summed E-state index contributed by atoms with van der Waals surface area (Å²) in [5.41, 5.74) is -0.665. The number of carbonyl (C=O) groups is 2. The van der Waals surface area contributed by atoms with Crippen LogP contribution in [0, 0.1) is 0 Å². The van der Waals surface area contributed by atoms with Gasteiger partial charge in [0, 0.05) is 13.6 Å². The highest BCUT2D eigenvalue weighted by molar-refractivity contribution is 5.79. The fourth-order valence-electron chi connectivity index (χ4n) is 1.98. The van der Waals surface area contributed by atoms with E-state index in [1.165, 1.54) is 4.90 Å². The van der Waals surface area contributed by atoms with Crippen molar-refractivity contribution in [2.75, 3.05) is 13.7 Å². The van der Waals surface area contributed by atoms with E-state index in [0.717, 1.165) is 5.56 Å². The van der Waals surface area contributed by atoms with Gasteiger partial charge in [-0.2, -0.15) is 0 Å². The number of nitrogens with zero attached hydrogens (tertiary/aromatic N) is 1. The molecule has 25 heavy (non-hydrogen) atoms. The number of carbonyl (C=O) groups excluding carboxylic acids is 2. The third-order valence-corrected chi connectivity index (χ3v) is 3.19. The van der Waals surface area contributed by atoms with E-state index in [-0.39, 0.29) is 6.09 Å². The van der Waals surface area contributed by atoms with Gasteiger partial charge in [-0.25, -0.2) is 9.59 Å². The number of ether oxygens (including phenoxy) is 3. The first kappa shape index (κ1) is 20.8. The Morgan fingerprint density at radius 2 is 1.60 bits per heavy atom. The summed E-state index contributed by atoms with van der Waals surface area (Å²) in [7, 11) is 1.68. The van der Waals surface area contributed by atoms with Gasteiger partial charge >= 0.3 is 12.1 Å². The summed E-state index contributed by atoms with van der Waals surface area (Å²) < 4.78 is 16.0. The number of hydrogen-bond donors (Lipinski definition) is 0. The van der Waals surface area contributed by atoms with Crippen molar-refractivity contribution in [3.63, 3.8) is 0 Å². The Morgan fingerprint density at radius 1 is 1.04 bits per heavy atom. The normalized spacial score (nSPS) is 11.6. The Kier molecular flexibility index (Phi) is 6.85. The van der Waals surface area contributed by atoms with Crippen LogP contribution in [0.5, 0.6) is 5.75 Å². The van der Waals surface area contributed by atoms with E-state index in [9.17, 15) is 9.59 Å². The molecule has 1 aromatic rings. The number of rotatable bonds is 6. The molecule has 1 rings (SSSR count). The molecule has 0 aromatic heterocycles. The van der Waals surface area contributed by atoms with Gasteiger partial charge in [0.25, 0.3) is 0 Å². The van der Waals surface area contributed by atoms with Gasteiger partial charge < -0.3 is 19.1 Å². The Labute approximate surface area is 150 Å². The van der Waals surface area contributed by atoms with Gasteiger partial charge in [0.1, 0.15) is 11.4 Å². The summed E-state index contributed by atoms with van der Waals surface area (Å²) in [6.07, 6.45) is -0.378. The van der Waals surface area contributed by atoms with Crippen LogP contribution in [0.15, 0.2) is 24.3 Å². The number of esters is 1. The third kappa shape index (κ3) is 7.03. The lowest BCUT2D eigenvalue weighted by Gasteiger charge is -2.25. The predicted octanol–water partition coefficient (Wildman–Crippen LogP) is 3.77. The van der Waals surface area contributed by atoms with Gasteiger partial charge in [-0.05, 0) is 59.2 Å². The minimum absolute atomic E-state index is 0.307. The lowest BCUT2D eigenvalue weighted by atomic mass is 10.1. The average Bonchev–Trinajstić information content (AvgIpc) is 2.47. The highest BCUT2D eigenvalue weighted by atomic mass is 16.6. The van der Waals surface area contributed by atoms with E-state index < -0.39 is 17.2 Å². The summed E-state index contributed by atoms with van der Waals surface area (Å²) in [6.45, 7) is 11.3. The van der Waals surface area contributed by atoms with E-state index in [1.807, 2.05) is 32.9 Å². The van der Waals surface area contributed by atoms with Gasteiger partial charge in [-0.1, -0.05) is 12.1 Å². The minimum atomic E-state index is -1.06. The van der Waals surface area contributed by atoms with Gasteiger partial charge in [0.2, 0.25) is 0 Å². The molecule has 140 valence electrons. The molecule has 0 atom stereocenters. The molecule has 0 bridgehead atoms. The molecule has 0 radical (unpaired) electrons. The molecule has 1 amide bonds. The molecule has 6 nitrogen and oxygen atoms in total. The van der Waals surface area contributed by atoms with Crippen LogP contribution in [0.3, 0.4) is 0 Å². The van der Waals surface area contributed by atoms with Crippen molar-refractivity contribution in [1.29, 1.82) is 0 Å². The molecule has 0 aliphatic carbocycles. The molecule has 0 aliphatic heterocycles. The van der Waals surface area contributed by atoms with Crippen molar-refractivity contribution in [2.45, 2.75) is 59.3 Å². The smallest absolute Gasteiger partial charge is 0.410 e. The van der Waals surface area contributed by atoms with Crippen molar-refractivity contribution in [3.05, 3.63) is 29.8 Å². The predicted molar refractivity (Wildman–Crippen MR) is 95.5 cm³/mol. The fourth-order valence-corrected chi connectivity index (χ4v) is 1.98. The molecule has 1 aromatic carbocycles. The van der Waals surface area contributed by atoms with E-state index in [4.69, 9.17) is 14.2 Å². The molecule has 6 heteroatoms. The van der Waals surface area contributed by atoms with Crippen molar-refractivity contribution < 1.29 is 23.8 Å². The first-order chi connectivity index (χ1) is 11.4. The fraction of sp³-hybridized carbons (Fsp3) is 0.579. The summed E-state index contributed by atoms with van der Waals surface area (Å²) >= 11 is 0. The molecule has 0 saturated carbocycles. The molecule has 0 aliphatic rings. The van der Waals surface area contributed by atoms with Crippen LogP contribution in [-0.4, -0.2) is 41.8 Å². The van der Waals surface area contributed by atoms with Gasteiger partial charge in [0.05, 0.1) is 6.61 Å². The molecule has 0 saturated heterocycles. The minimum Gasteiger partial charge on any atom is -0.476 e. The number of benzene rings is 1. The quantitative estimate of drug-likeness (QED) is 0.730. The number of hydrogen-bond acceptors (Lipinski definition) is 5. The van der Waals surface area contributed by atoms with Crippen LogP contribution in [0.4, 0.5) is 4.79 Å². The van der Waals surface area contributed by atoms with Crippen LogP contribution < -0.4 is 4.74 Å². The van der Waals surface area contributed by atoms with Gasteiger partial charge in [0.15, 0.2) is 5.60 Å². The lowest BCUT2D eigenvalue weighted by Crippen LogP contribution is -2.39. The second kappa shape index (κ2) is 8.23. The monoisotopic (exact) mass is 351 g/mol. The van der Waals surface area contributed by atoms with E-state index in [2.05, 4.69) is 0 Å².